The second-order valence-electron chi connectivity index (χ2n) is 4.85. The maximum atomic E-state index is 11.1. The predicted octanol–water partition coefficient (Wildman–Crippen LogP) is 2.88. The van der Waals surface area contributed by atoms with Crippen LogP contribution in [-0.2, 0) is 24.1 Å². The molecule has 6 nitrogen and oxygen atoms in total. The molecule has 1 N–H and O–H groups in total. The standard InChI is InChI=1S/C14H17N3O3/c1-20-13-7-6-9(8-12(14(18)19)16-17-15)10-4-2-3-5-11(10)13/h6-7,12H,2-5,8H2,1H3,(H,18,19)/t12-/m0/s1. The number of hydrogen-bond donors (Lipinski definition) is 1. The molecule has 0 aromatic heterocycles. The summed E-state index contributed by atoms with van der Waals surface area (Å²) in [7, 11) is 1.64. The number of carboxylic acid groups (broad SMARTS) is 1. The van der Waals surface area contributed by atoms with Crippen molar-refractivity contribution in [2.45, 2.75) is 38.1 Å². The van der Waals surface area contributed by atoms with Crippen LogP contribution in [0.1, 0.15) is 29.5 Å². The second-order valence-corrected chi connectivity index (χ2v) is 4.85. The van der Waals surface area contributed by atoms with Crippen LogP contribution in [0.5, 0.6) is 5.75 Å². The first kappa shape index (κ1) is 14.2. The minimum Gasteiger partial charge on any atom is -0.496 e. The molecule has 0 radical (unpaired) electrons. The Kier molecular flexibility index (Phi) is 4.48. The number of aliphatic carboxylic acids is 1. The van der Waals surface area contributed by atoms with Crippen molar-refractivity contribution in [1.82, 2.24) is 0 Å². The summed E-state index contributed by atoms with van der Waals surface area (Å²) in [6.45, 7) is 0. The average Bonchev–Trinajstić information content (AvgIpc) is 2.46. The number of benzene rings is 1. The van der Waals surface area contributed by atoms with E-state index in [4.69, 9.17) is 15.4 Å². The van der Waals surface area contributed by atoms with E-state index in [0.717, 1.165) is 42.6 Å². The van der Waals surface area contributed by atoms with Gasteiger partial charge in [0.1, 0.15) is 11.8 Å². The maximum Gasteiger partial charge on any atom is 0.312 e. The van der Waals surface area contributed by atoms with Crippen LogP contribution in [0.4, 0.5) is 0 Å². The van der Waals surface area contributed by atoms with Gasteiger partial charge in [-0.2, -0.15) is 0 Å². The minimum absolute atomic E-state index is 0.228. The van der Waals surface area contributed by atoms with Crippen molar-refractivity contribution in [2.24, 2.45) is 5.11 Å². The van der Waals surface area contributed by atoms with E-state index in [1.807, 2.05) is 12.1 Å². The third-order valence-electron chi connectivity index (χ3n) is 3.70. The van der Waals surface area contributed by atoms with Crippen LogP contribution in [0.25, 0.3) is 10.4 Å². The summed E-state index contributed by atoms with van der Waals surface area (Å²) in [5.74, 6) is -0.234. The molecule has 20 heavy (non-hydrogen) atoms. The molecule has 0 fully saturated rings. The highest BCUT2D eigenvalue weighted by Crippen LogP contribution is 2.32. The number of methoxy groups -OCH3 is 1. The third-order valence-corrected chi connectivity index (χ3v) is 3.70. The zero-order valence-corrected chi connectivity index (χ0v) is 11.4. The van der Waals surface area contributed by atoms with E-state index in [1.54, 1.807) is 7.11 Å². The number of fused-ring (bicyclic) bond motifs is 1. The van der Waals surface area contributed by atoms with Gasteiger partial charge < -0.3 is 9.84 Å². The molecular weight excluding hydrogens is 258 g/mol. The molecule has 1 aliphatic rings. The number of nitrogens with zero attached hydrogens (tertiary/aromatic N) is 3. The SMILES string of the molecule is COc1ccc(C[C@H](N=[N+]=[N-])C(=O)O)c2c1CCCC2. The molecule has 1 aliphatic carbocycles. The number of ether oxygens (including phenoxy) is 1. The van der Waals surface area contributed by atoms with E-state index in [1.165, 1.54) is 5.56 Å². The number of carboxylic acids is 1. The molecule has 0 bridgehead atoms. The Balaban J connectivity index is 2.37. The van der Waals surface area contributed by atoms with Crippen LogP contribution in [-0.4, -0.2) is 24.2 Å². The fourth-order valence-electron chi connectivity index (χ4n) is 2.74. The van der Waals surface area contributed by atoms with Crippen LogP contribution in [0.2, 0.25) is 0 Å². The van der Waals surface area contributed by atoms with Gasteiger partial charge in [0.25, 0.3) is 0 Å². The van der Waals surface area contributed by atoms with E-state index in [9.17, 15) is 4.79 Å². The first-order valence-corrected chi connectivity index (χ1v) is 6.62. The molecule has 0 aliphatic heterocycles. The fourth-order valence-corrected chi connectivity index (χ4v) is 2.74. The summed E-state index contributed by atoms with van der Waals surface area (Å²) >= 11 is 0. The molecule has 1 aromatic carbocycles. The van der Waals surface area contributed by atoms with Crippen molar-refractivity contribution >= 4 is 5.97 Å². The number of carbonyl (C=O) groups is 1. The van der Waals surface area contributed by atoms with Gasteiger partial charge in [-0.25, -0.2) is 0 Å². The first-order chi connectivity index (χ1) is 9.67. The van der Waals surface area contributed by atoms with Gasteiger partial charge in [-0.3, -0.25) is 4.79 Å². The van der Waals surface area contributed by atoms with Crippen LogP contribution in [0.3, 0.4) is 0 Å². The molecule has 2 rings (SSSR count). The van der Waals surface area contributed by atoms with Crippen molar-refractivity contribution in [3.63, 3.8) is 0 Å². The zero-order valence-electron chi connectivity index (χ0n) is 11.4. The van der Waals surface area contributed by atoms with E-state index in [0.29, 0.717) is 0 Å². The van der Waals surface area contributed by atoms with Gasteiger partial charge in [-0.05, 0) is 60.4 Å². The molecule has 0 saturated carbocycles. The summed E-state index contributed by atoms with van der Waals surface area (Å²) in [6, 6.07) is 2.69. The normalized spacial score (nSPS) is 14.8. The Labute approximate surface area is 117 Å². The van der Waals surface area contributed by atoms with Crippen LogP contribution < -0.4 is 4.74 Å². The van der Waals surface area contributed by atoms with Crippen LogP contribution >= 0.6 is 0 Å². The molecule has 0 heterocycles. The topological polar surface area (TPSA) is 95.3 Å². The molecule has 0 spiro atoms. The summed E-state index contributed by atoms with van der Waals surface area (Å²) in [5, 5.41) is 12.4. The van der Waals surface area contributed by atoms with Gasteiger partial charge in [0.05, 0.1) is 7.11 Å². The molecule has 1 aromatic rings. The minimum atomic E-state index is -1.09. The quantitative estimate of drug-likeness (QED) is 0.508. The number of azide groups is 1. The predicted molar refractivity (Wildman–Crippen MR) is 73.9 cm³/mol. The van der Waals surface area contributed by atoms with Crippen LogP contribution in [0.15, 0.2) is 17.2 Å². The average molecular weight is 275 g/mol. The smallest absolute Gasteiger partial charge is 0.312 e. The Morgan fingerprint density at radius 3 is 2.75 bits per heavy atom. The van der Waals surface area contributed by atoms with Crippen molar-refractivity contribution in [1.29, 1.82) is 0 Å². The van der Waals surface area contributed by atoms with Gasteiger partial charge >= 0.3 is 5.97 Å². The van der Waals surface area contributed by atoms with E-state index >= 15 is 0 Å². The van der Waals surface area contributed by atoms with E-state index in [-0.39, 0.29) is 6.42 Å². The van der Waals surface area contributed by atoms with Crippen LogP contribution in [0, 0.1) is 0 Å². The molecule has 106 valence electrons. The van der Waals surface area contributed by atoms with Crippen molar-refractivity contribution < 1.29 is 14.6 Å². The second kappa shape index (κ2) is 6.30. The lowest BCUT2D eigenvalue weighted by atomic mass is 9.85. The fraction of sp³-hybridized carbons (Fsp3) is 0.500. The Bertz CT molecular complexity index is 563. The molecule has 1 atom stereocenters. The molecular formula is C14H17N3O3. The number of hydrogen-bond acceptors (Lipinski definition) is 3. The van der Waals surface area contributed by atoms with Gasteiger partial charge in [0, 0.05) is 4.91 Å². The Morgan fingerprint density at radius 2 is 2.15 bits per heavy atom. The lowest BCUT2D eigenvalue weighted by Crippen LogP contribution is -2.21. The maximum absolute atomic E-state index is 11.1. The first-order valence-electron chi connectivity index (χ1n) is 6.62. The van der Waals surface area contributed by atoms with Gasteiger partial charge in [0.15, 0.2) is 0 Å². The summed E-state index contributed by atoms with van der Waals surface area (Å²) in [5.41, 5.74) is 11.7. The van der Waals surface area contributed by atoms with E-state index in [2.05, 4.69) is 10.0 Å². The van der Waals surface area contributed by atoms with E-state index < -0.39 is 12.0 Å². The van der Waals surface area contributed by atoms with Crippen molar-refractivity contribution in [3.05, 3.63) is 39.3 Å². The van der Waals surface area contributed by atoms with Crippen molar-refractivity contribution in [2.75, 3.05) is 7.11 Å². The highest BCUT2D eigenvalue weighted by molar-refractivity contribution is 5.74. The summed E-state index contributed by atoms with van der Waals surface area (Å²) in [6.07, 6.45) is 4.31. The Hall–Kier alpha value is -2.20. The highest BCUT2D eigenvalue weighted by Gasteiger charge is 2.22. The zero-order chi connectivity index (χ0) is 14.5. The Morgan fingerprint density at radius 1 is 1.45 bits per heavy atom. The van der Waals surface area contributed by atoms with Gasteiger partial charge in [-0.1, -0.05) is 11.2 Å². The highest BCUT2D eigenvalue weighted by atomic mass is 16.5. The largest absolute Gasteiger partial charge is 0.496 e. The van der Waals surface area contributed by atoms with Gasteiger partial charge in [0.2, 0.25) is 0 Å². The third kappa shape index (κ3) is 2.86. The lowest BCUT2D eigenvalue weighted by molar-refractivity contribution is -0.138. The summed E-state index contributed by atoms with van der Waals surface area (Å²) < 4.78 is 5.37. The molecule has 0 saturated heterocycles. The molecule has 6 heteroatoms. The van der Waals surface area contributed by atoms with Gasteiger partial charge in [-0.15, -0.1) is 0 Å². The summed E-state index contributed by atoms with van der Waals surface area (Å²) in [4.78, 5) is 13.7. The van der Waals surface area contributed by atoms with Crippen molar-refractivity contribution in [3.8, 4) is 5.75 Å². The lowest BCUT2D eigenvalue weighted by Gasteiger charge is -2.22. The number of rotatable bonds is 5. The monoisotopic (exact) mass is 275 g/mol. The molecule has 0 amide bonds. The molecule has 0 unspecified atom stereocenters.